The summed E-state index contributed by atoms with van der Waals surface area (Å²) in [6.07, 6.45) is 0. The largest absolute Gasteiger partial charge is 0.455 e. The van der Waals surface area contributed by atoms with Crippen LogP contribution in [0.3, 0.4) is 0 Å². The van der Waals surface area contributed by atoms with Crippen LogP contribution in [-0.4, -0.2) is 4.57 Å². The van der Waals surface area contributed by atoms with Crippen LogP contribution in [0.5, 0.6) is 0 Å². The fourth-order valence-electron chi connectivity index (χ4n) is 6.28. The van der Waals surface area contributed by atoms with Crippen molar-refractivity contribution in [3.05, 3.63) is 127 Å². The zero-order valence-electron chi connectivity index (χ0n) is 20.9. The Kier molecular flexibility index (Phi) is 4.05. The molecule has 3 aromatic heterocycles. The summed E-state index contributed by atoms with van der Waals surface area (Å²) >= 11 is 0. The first kappa shape index (κ1) is 20.7. The van der Waals surface area contributed by atoms with Gasteiger partial charge in [0.25, 0.3) is 0 Å². The van der Waals surface area contributed by atoms with Gasteiger partial charge in [-0.1, -0.05) is 78.9 Å². The molecular formula is C36H21NO2. The summed E-state index contributed by atoms with van der Waals surface area (Å²) in [7, 11) is 0. The molecule has 0 saturated carbocycles. The third-order valence-corrected chi connectivity index (χ3v) is 7.99. The van der Waals surface area contributed by atoms with Crippen molar-refractivity contribution in [1.29, 1.82) is 0 Å². The zero-order valence-corrected chi connectivity index (χ0v) is 20.9. The average molecular weight is 500 g/mol. The van der Waals surface area contributed by atoms with E-state index in [4.69, 9.17) is 8.83 Å². The van der Waals surface area contributed by atoms with Gasteiger partial charge >= 0.3 is 0 Å². The van der Waals surface area contributed by atoms with Crippen molar-refractivity contribution < 1.29 is 8.83 Å². The molecule has 0 amide bonds. The van der Waals surface area contributed by atoms with E-state index in [1.165, 1.54) is 5.39 Å². The molecule has 0 aliphatic carbocycles. The van der Waals surface area contributed by atoms with Gasteiger partial charge in [0.1, 0.15) is 22.3 Å². The second-order valence-electron chi connectivity index (χ2n) is 10.1. The Bertz CT molecular complexity index is 2390. The summed E-state index contributed by atoms with van der Waals surface area (Å²) in [6.45, 7) is 0. The maximum atomic E-state index is 6.51. The van der Waals surface area contributed by atoms with Crippen molar-refractivity contribution in [2.24, 2.45) is 0 Å². The van der Waals surface area contributed by atoms with Crippen molar-refractivity contribution in [1.82, 2.24) is 4.57 Å². The molecule has 0 fully saturated rings. The highest BCUT2D eigenvalue weighted by molar-refractivity contribution is 6.20. The molecule has 0 saturated heterocycles. The van der Waals surface area contributed by atoms with Crippen LogP contribution in [0.1, 0.15) is 0 Å². The molecule has 6 aromatic carbocycles. The van der Waals surface area contributed by atoms with Crippen LogP contribution in [0.15, 0.2) is 136 Å². The Morgan fingerprint density at radius 1 is 0.487 bits per heavy atom. The summed E-state index contributed by atoms with van der Waals surface area (Å²) in [5.41, 5.74) is 9.27. The normalized spacial score (nSPS) is 12.1. The number of rotatable bonds is 2. The monoisotopic (exact) mass is 499 g/mol. The Balaban J connectivity index is 1.37. The minimum Gasteiger partial charge on any atom is -0.455 e. The molecule has 9 rings (SSSR count). The number of benzene rings is 6. The molecule has 0 aliphatic rings. The Hall–Kier alpha value is -5.28. The van der Waals surface area contributed by atoms with Gasteiger partial charge in [-0.3, -0.25) is 0 Å². The molecule has 0 radical (unpaired) electrons. The maximum absolute atomic E-state index is 6.51. The number of fused-ring (bicyclic) bond motifs is 10. The first-order chi connectivity index (χ1) is 19.3. The summed E-state index contributed by atoms with van der Waals surface area (Å²) in [4.78, 5) is 0. The Morgan fingerprint density at radius 3 is 2.21 bits per heavy atom. The lowest BCUT2D eigenvalue weighted by Gasteiger charge is -2.08. The number of nitrogens with zero attached hydrogens (tertiary/aromatic N) is 1. The van der Waals surface area contributed by atoms with E-state index in [0.717, 1.165) is 77.1 Å². The van der Waals surface area contributed by atoms with Gasteiger partial charge in [-0.2, -0.15) is 0 Å². The van der Waals surface area contributed by atoms with Gasteiger partial charge in [-0.05, 0) is 65.0 Å². The number of hydrogen-bond acceptors (Lipinski definition) is 2. The van der Waals surface area contributed by atoms with Gasteiger partial charge in [0.05, 0.1) is 5.52 Å². The predicted molar refractivity (Wildman–Crippen MR) is 161 cm³/mol. The van der Waals surface area contributed by atoms with Crippen LogP contribution < -0.4 is 0 Å². The fraction of sp³-hybridized carbons (Fsp3) is 0. The van der Waals surface area contributed by atoms with E-state index in [-0.39, 0.29) is 0 Å². The lowest BCUT2D eigenvalue weighted by Crippen LogP contribution is -1.92. The van der Waals surface area contributed by atoms with E-state index >= 15 is 0 Å². The molecule has 3 nitrogen and oxygen atoms in total. The highest BCUT2D eigenvalue weighted by Crippen LogP contribution is 2.43. The van der Waals surface area contributed by atoms with Crippen molar-refractivity contribution >= 4 is 65.7 Å². The van der Waals surface area contributed by atoms with Gasteiger partial charge in [0.2, 0.25) is 0 Å². The van der Waals surface area contributed by atoms with Crippen molar-refractivity contribution in [3.8, 4) is 16.8 Å². The SMILES string of the molecule is c1ccc(-n2c3ccccc3c3oc4ccc(-c5cccc6oc7c8ccccc8ccc7c56)cc4c32)cc1. The minimum atomic E-state index is 0.884. The first-order valence-electron chi connectivity index (χ1n) is 13.2. The van der Waals surface area contributed by atoms with Gasteiger partial charge < -0.3 is 13.4 Å². The molecule has 0 unspecified atom stereocenters. The summed E-state index contributed by atoms with van der Waals surface area (Å²) in [5, 5.41) is 6.80. The predicted octanol–water partition coefficient (Wildman–Crippen LogP) is 10.2. The maximum Gasteiger partial charge on any atom is 0.161 e. The van der Waals surface area contributed by atoms with Crippen LogP contribution in [0.25, 0.3) is 82.5 Å². The number of para-hydroxylation sites is 2. The van der Waals surface area contributed by atoms with Gasteiger partial charge in [0.15, 0.2) is 5.58 Å². The molecule has 0 atom stereocenters. The van der Waals surface area contributed by atoms with Crippen molar-refractivity contribution in [2.45, 2.75) is 0 Å². The molecule has 0 spiro atoms. The summed E-state index contributed by atoms with van der Waals surface area (Å²) < 4.78 is 15.3. The van der Waals surface area contributed by atoms with Gasteiger partial charge in [-0.25, -0.2) is 0 Å². The molecule has 0 aliphatic heterocycles. The lowest BCUT2D eigenvalue weighted by atomic mass is 9.97. The van der Waals surface area contributed by atoms with Crippen LogP contribution in [0.4, 0.5) is 0 Å². The third-order valence-electron chi connectivity index (χ3n) is 7.99. The lowest BCUT2D eigenvalue weighted by molar-refractivity contribution is 0.672. The molecular weight excluding hydrogens is 478 g/mol. The first-order valence-corrected chi connectivity index (χ1v) is 13.2. The number of furan rings is 2. The van der Waals surface area contributed by atoms with Crippen molar-refractivity contribution in [2.75, 3.05) is 0 Å². The van der Waals surface area contributed by atoms with Crippen LogP contribution in [-0.2, 0) is 0 Å². The molecule has 3 heterocycles. The highest BCUT2D eigenvalue weighted by Gasteiger charge is 2.20. The number of aromatic nitrogens is 1. The molecule has 0 bridgehead atoms. The average Bonchev–Trinajstić information content (AvgIpc) is 3.66. The standard InChI is InChI=1S/C36H21NO2/c1-2-10-24(11-3-1)37-30-15-7-6-13-27(30)36-34(37)29-21-23(18-20-31(29)38-36)25-14-8-16-32-33(25)28-19-17-22-9-4-5-12-26(22)35(28)39-32/h1-21H. The van der Waals surface area contributed by atoms with E-state index in [9.17, 15) is 0 Å². The highest BCUT2D eigenvalue weighted by atomic mass is 16.3. The molecule has 39 heavy (non-hydrogen) atoms. The molecule has 0 N–H and O–H groups in total. The van der Waals surface area contributed by atoms with E-state index in [2.05, 4.69) is 132 Å². The van der Waals surface area contributed by atoms with Crippen LogP contribution >= 0.6 is 0 Å². The van der Waals surface area contributed by atoms with Crippen LogP contribution in [0.2, 0.25) is 0 Å². The van der Waals surface area contributed by atoms with E-state index in [0.29, 0.717) is 0 Å². The van der Waals surface area contributed by atoms with Crippen LogP contribution in [0, 0.1) is 0 Å². The van der Waals surface area contributed by atoms with E-state index in [1.54, 1.807) is 0 Å². The zero-order chi connectivity index (χ0) is 25.5. The summed E-state index contributed by atoms with van der Waals surface area (Å²) in [6, 6.07) is 44.6. The summed E-state index contributed by atoms with van der Waals surface area (Å²) in [5.74, 6) is 0. The number of hydrogen-bond donors (Lipinski definition) is 0. The Morgan fingerprint density at radius 2 is 1.28 bits per heavy atom. The van der Waals surface area contributed by atoms with Gasteiger partial charge in [-0.15, -0.1) is 0 Å². The quantitative estimate of drug-likeness (QED) is 0.237. The smallest absolute Gasteiger partial charge is 0.161 e. The van der Waals surface area contributed by atoms with E-state index in [1.807, 2.05) is 0 Å². The Labute approximate surface area is 223 Å². The third kappa shape index (κ3) is 2.82. The van der Waals surface area contributed by atoms with E-state index < -0.39 is 0 Å². The second-order valence-corrected chi connectivity index (χ2v) is 10.1. The fourth-order valence-corrected chi connectivity index (χ4v) is 6.28. The van der Waals surface area contributed by atoms with Gasteiger partial charge in [0, 0.05) is 32.6 Å². The topological polar surface area (TPSA) is 31.2 Å². The minimum absolute atomic E-state index is 0.884. The second kappa shape index (κ2) is 7.62. The van der Waals surface area contributed by atoms with Crippen molar-refractivity contribution in [3.63, 3.8) is 0 Å². The molecule has 182 valence electrons. The molecule has 3 heteroatoms. The molecule has 9 aromatic rings.